The molecule has 1 saturated heterocycles. The molecule has 0 spiro atoms. The van der Waals surface area contributed by atoms with Gasteiger partial charge in [0.2, 0.25) is 0 Å². The molecule has 1 aromatic rings. The van der Waals surface area contributed by atoms with E-state index in [0.29, 0.717) is 6.61 Å². The molecule has 0 amide bonds. The van der Waals surface area contributed by atoms with Gasteiger partial charge in [0.05, 0.1) is 12.5 Å². The van der Waals surface area contributed by atoms with Gasteiger partial charge in [-0.25, -0.2) is 0 Å². The number of guanidine groups is 1. The second-order valence-corrected chi connectivity index (χ2v) is 7.27. The van der Waals surface area contributed by atoms with Crippen LogP contribution in [-0.4, -0.2) is 50.1 Å². The van der Waals surface area contributed by atoms with Gasteiger partial charge in [-0.15, -0.1) is 0 Å². The molecular weight excluding hydrogens is 338 g/mol. The monoisotopic (exact) mass is 373 g/mol. The van der Waals surface area contributed by atoms with E-state index in [4.69, 9.17) is 4.74 Å². The smallest absolute Gasteiger partial charge is 0.309 e. The number of piperidine rings is 1. The van der Waals surface area contributed by atoms with E-state index in [2.05, 4.69) is 59.4 Å². The number of nitrogens with one attached hydrogen (secondary N) is 1. The average molecular weight is 374 g/mol. The molecule has 0 radical (unpaired) electrons. The quantitative estimate of drug-likeness (QED) is 0.451. The minimum atomic E-state index is -0.0554. The molecule has 0 aromatic heterocycles. The Morgan fingerprint density at radius 3 is 2.33 bits per heavy atom. The molecule has 5 nitrogen and oxygen atoms in total. The molecule has 5 heteroatoms. The molecule has 1 aliphatic heterocycles. The van der Waals surface area contributed by atoms with Gasteiger partial charge >= 0.3 is 5.97 Å². The third kappa shape index (κ3) is 5.24. The van der Waals surface area contributed by atoms with Crippen LogP contribution < -0.4 is 5.32 Å². The number of likely N-dealkylation sites (tertiary alicyclic amines) is 1. The van der Waals surface area contributed by atoms with E-state index in [1.54, 1.807) is 0 Å². The summed E-state index contributed by atoms with van der Waals surface area (Å²) in [6.07, 6.45) is 3.79. The molecule has 1 fully saturated rings. The summed E-state index contributed by atoms with van der Waals surface area (Å²) in [6, 6.07) is 10.7. The maximum absolute atomic E-state index is 11.9. The van der Waals surface area contributed by atoms with Gasteiger partial charge in [-0.1, -0.05) is 44.2 Å². The molecule has 0 atom stereocenters. The molecule has 0 saturated carbocycles. The molecule has 0 bridgehead atoms. The van der Waals surface area contributed by atoms with Crippen LogP contribution in [0, 0.1) is 5.92 Å². The van der Waals surface area contributed by atoms with Crippen LogP contribution in [0.2, 0.25) is 0 Å². The first-order valence-corrected chi connectivity index (χ1v) is 10.3. The SMILES string of the molecule is CCOC(=O)C1CCN(C(=NC)NCC(CC)(CC)c2ccccc2)CC1. The third-order valence-electron chi connectivity index (χ3n) is 5.95. The predicted molar refractivity (Wildman–Crippen MR) is 111 cm³/mol. The van der Waals surface area contributed by atoms with Crippen LogP contribution in [0.5, 0.6) is 0 Å². The highest BCUT2D eigenvalue weighted by molar-refractivity contribution is 5.80. The second kappa shape index (κ2) is 10.3. The van der Waals surface area contributed by atoms with E-state index in [1.807, 2.05) is 14.0 Å². The molecule has 0 aliphatic carbocycles. The number of esters is 1. The first-order valence-electron chi connectivity index (χ1n) is 10.3. The predicted octanol–water partition coefficient (Wildman–Crippen LogP) is 3.59. The molecule has 0 unspecified atom stereocenters. The number of carbonyl (C=O) groups is 1. The van der Waals surface area contributed by atoms with Gasteiger partial charge in [0, 0.05) is 32.1 Å². The highest BCUT2D eigenvalue weighted by atomic mass is 16.5. The normalized spacial score (nSPS) is 16.3. The number of rotatable bonds is 7. The molecule has 150 valence electrons. The molecule has 2 rings (SSSR count). The molecule has 1 aromatic carbocycles. The summed E-state index contributed by atoms with van der Waals surface area (Å²) in [5.41, 5.74) is 1.47. The maximum atomic E-state index is 11.9. The summed E-state index contributed by atoms with van der Waals surface area (Å²) >= 11 is 0. The lowest BCUT2D eigenvalue weighted by Gasteiger charge is -2.37. The fourth-order valence-corrected chi connectivity index (χ4v) is 3.97. The zero-order chi connectivity index (χ0) is 19.7. The molecule has 1 aliphatic rings. The van der Waals surface area contributed by atoms with Crippen LogP contribution in [0.15, 0.2) is 35.3 Å². The van der Waals surface area contributed by atoms with Crippen LogP contribution in [0.3, 0.4) is 0 Å². The summed E-state index contributed by atoms with van der Waals surface area (Å²) in [6.45, 7) is 9.35. The van der Waals surface area contributed by atoms with Crippen LogP contribution in [0.25, 0.3) is 0 Å². The Kier molecular flexibility index (Phi) is 8.14. The maximum Gasteiger partial charge on any atom is 0.309 e. The largest absolute Gasteiger partial charge is 0.466 e. The van der Waals surface area contributed by atoms with Gasteiger partial charge in [-0.2, -0.15) is 0 Å². The average Bonchev–Trinajstić information content (AvgIpc) is 2.73. The van der Waals surface area contributed by atoms with E-state index in [-0.39, 0.29) is 17.3 Å². The Morgan fingerprint density at radius 2 is 1.81 bits per heavy atom. The molecule has 1 N–H and O–H groups in total. The second-order valence-electron chi connectivity index (χ2n) is 7.27. The number of nitrogens with zero attached hydrogens (tertiary/aromatic N) is 2. The van der Waals surface area contributed by atoms with Crippen molar-refractivity contribution in [2.75, 3.05) is 33.3 Å². The zero-order valence-electron chi connectivity index (χ0n) is 17.3. The minimum absolute atomic E-state index is 0.0222. The van der Waals surface area contributed by atoms with Crippen molar-refractivity contribution in [3.8, 4) is 0 Å². The fourth-order valence-electron chi connectivity index (χ4n) is 3.97. The van der Waals surface area contributed by atoms with Crippen molar-refractivity contribution in [2.24, 2.45) is 10.9 Å². The summed E-state index contributed by atoms with van der Waals surface area (Å²) in [5.74, 6) is 0.897. The third-order valence-corrected chi connectivity index (χ3v) is 5.95. The van der Waals surface area contributed by atoms with E-state index >= 15 is 0 Å². The number of hydrogen-bond donors (Lipinski definition) is 1. The summed E-state index contributed by atoms with van der Waals surface area (Å²) < 4.78 is 5.17. The number of ether oxygens (including phenoxy) is 1. The lowest BCUT2D eigenvalue weighted by Crippen LogP contribution is -2.50. The van der Waals surface area contributed by atoms with Gasteiger partial charge in [0.1, 0.15) is 0 Å². The number of benzene rings is 1. The minimum Gasteiger partial charge on any atom is -0.466 e. The lowest BCUT2D eigenvalue weighted by atomic mass is 9.76. The summed E-state index contributed by atoms with van der Waals surface area (Å²) in [4.78, 5) is 18.7. The highest BCUT2D eigenvalue weighted by Crippen LogP contribution is 2.31. The van der Waals surface area contributed by atoms with E-state index in [9.17, 15) is 4.79 Å². The summed E-state index contributed by atoms with van der Waals surface area (Å²) in [5, 5.41) is 3.61. The van der Waals surface area contributed by atoms with E-state index in [1.165, 1.54) is 5.56 Å². The van der Waals surface area contributed by atoms with Crippen molar-refractivity contribution >= 4 is 11.9 Å². The topological polar surface area (TPSA) is 53.9 Å². The number of aliphatic imine (C=N–C) groups is 1. The van der Waals surface area contributed by atoms with Crippen molar-refractivity contribution in [1.29, 1.82) is 0 Å². The Bertz CT molecular complexity index is 603. The Labute approximate surface area is 164 Å². The van der Waals surface area contributed by atoms with Crippen molar-refractivity contribution in [3.05, 3.63) is 35.9 Å². The van der Waals surface area contributed by atoms with Crippen LogP contribution in [0.1, 0.15) is 52.0 Å². The first kappa shape index (κ1) is 21.3. The molecular formula is C22H35N3O2. The van der Waals surface area contributed by atoms with Crippen molar-refractivity contribution in [1.82, 2.24) is 10.2 Å². The van der Waals surface area contributed by atoms with Gasteiger partial charge < -0.3 is 15.0 Å². The fraction of sp³-hybridized carbons (Fsp3) is 0.636. The van der Waals surface area contributed by atoms with E-state index in [0.717, 1.165) is 51.3 Å². The first-order chi connectivity index (χ1) is 13.1. The summed E-state index contributed by atoms with van der Waals surface area (Å²) in [7, 11) is 1.84. The van der Waals surface area contributed by atoms with Gasteiger partial charge in [0.25, 0.3) is 0 Å². The van der Waals surface area contributed by atoms with Crippen molar-refractivity contribution in [3.63, 3.8) is 0 Å². The standard InChI is InChI=1S/C22H35N3O2/c1-5-22(6-2,19-11-9-8-10-12-19)17-24-21(23-4)25-15-13-18(14-16-25)20(26)27-7-3/h8-12,18H,5-7,13-17H2,1-4H3,(H,23,24). The number of carbonyl (C=O) groups excluding carboxylic acids is 1. The lowest BCUT2D eigenvalue weighted by molar-refractivity contribution is -0.149. The van der Waals surface area contributed by atoms with Gasteiger partial charge in [-0.3, -0.25) is 9.79 Å². The van der Waals surface area contributed by atoms with Crippen molar-refractivity contribution < 1.29 is 9.53 Å². The Morgan fingerprint density at radius 1 is 1.19 bits per heavy atom. The van der Waals surface area contributed by atoms with Gasteiger partial charge in [0.15, 0.2) is 5.96 Å². The molecule has 27 heavy (non-hydrogen) atoms. The Balaban J connectivity index is 1.98. The van der Waals surface area contributed by atoms with Crippen LogP contribution in [0.4, 0.5) is 0 Å². The molecule has 1 heterocycles. The van der Waals surface area contributed by atoms with Crippen LogP contribution in [-0.2, 0) is 14.9 Å². The highest BCUT2D eigenvalue weighted by Gasteiger charge is 2.31. The Hall–Kier alpha value is -2.04. The van der Waals surface area contributed by atoms with Crippen LogP contribution >= 0.6 is 0 Å². The van der Waals surface area contributed by atoms with E-state index < -0.39 is 0 Å². The van der Waals surface area contributed by atoms with Gasteiger partial charge in [-0.05, 0) is 38.2 Å². The number of hydrogen-bond acceptors (Lipinski definition) is 3. The van der Waals surface area contributed by atoms with Crippen molar-refractivity contribution in [2.45, 2.75) is 51.9 Å². The zero-order valence-corrected chi connectivity index (χ0v) is 17.3.